The highest BCUT2D eigenvalue weighted by atomic mass is 32.2. The Labute approximate surface area is 178 Å². The average Bonchev–Trinajstić information content (AvgIpc) is 3.37. The number of hydrogen-bond donors (Lipinski definition) is 0. The summed E-state index contributed by atoms with van der Waals surface area (Å²) in [6.07, 6.45) is 3.71. The Morgan fingerprint density at radius 1 is 0.567 bits per heavy atom. The molecule has 0 saturated heterocycles. The fraction of sp³-hybridized carbons (Fsp3) is 0.455. The van der Waals surface area contributed by atoms with Gasteiger partial charge in [-0.15, -0.1) is 0 Å². The van der Waals surface area contributed by atoms with Crippen molar-refractivity contribution < 1.29 is 25.2 Å². The molecule has 0 heterocycles. The second-order valence-electron chi connectivity index (χ2n) is 7.99. The maximum absolute atomic E-state index is 12.7. The summed E-state index contributed by atoms with van der Waals surface area (Å²) in [5, 5.41) is 0. The number of rotatable bonds is 7. The van der Waals surface area contributed by atoms with E-state index in [2.05, 4.69) is 0 Å². The van der Waals surface area contributed by atoms with E-state index in [4.69, 9.17) is 8.37 Å². The monoisotopic (exact) mass is 450 g/mol. The fourth-order valence-corrected chi connectivity index (χ4v) is 7.07. The van der Waals surface area contributed by atoms with E-state index in [9.17, 15) is 16.8 Å². The first-order valence-corrected chi connectivity index (χ1v) is 13.2. The van der Waals surface area contributed by atoms with Gasteiger partial charge in [-0.25, -0.2) is 0 Å². The lowest BCUT2D eigenvalue weighted by Gasteiger charge is -2.29. The van der Waals surface area contributed by atoms with E-state index in [1.54, 1.807) is 36.4 Å². The zero-order valence-electron chi connectivity index (χ0n) is 16.6. The molecule has 162 valence electrons. The van der Waals surface area contributed by atoms with Crippen molar-refractivity contribution in [2.75, 3.05) is 0 Å². The van der Waals surface area contributed by atoms with Gasteiger partial charge >= 0.3 is 0 Å². The summed E-state index contributed by atoms with van der Waals surface area (Å²) in [5.74, 6) is -0.0797. The lowest BCUT2D eigenvalue weighted by molar-refractivity contribution is 0.0698. The van der Waals surface area contributed by atoms with Gasteiger partial charge in [-0.3, -0.25) is 8.37 Å². The smallest absolute Gasteiger partial charge is 0.263 e. The Balaban J connectivity index is 1.49. The Morgan fingerprint density at radius 3 is 1.30 bits per heavy atom. The Bertz CT molecular complexity index is 964. The zero-order chi connectivity index (χ0) is 21.2. The third-order valence-corrected chi connectivity index (χ3v) is 8.82. The molecule has 0 unspecified atom stereocenters. The Morgan fingerprint density at radius 2 is 0.933 bits per heavy atom. The average molecular weight is 451 g/mol. The van der Waals surface area contributed by atoms with Crippen molar-refractivity contribution in [2.24, 2.45) is 11.8 Å². The number of benzene rings is 2. The highest BCUT2D eigenvalue weighted by molar-refractivity contribution is 7.87. The predicted molar refractivity (Wildman–Crippen MR) is 112 cm³/mol. The molecule has 2 aromatic carbocycles. The van der Waals surface area contributed by atoms with Crippen molar-refractivity contribution in [3.8, 4) is 0 Å². The van der Waals surface area contributed by atoms with Crippen LogP contribution < -0.4 is 0 Å². The summed E-state index contributed by atoms with van der Waals surface area (Å²) in [6, 6.07) is 16.3. The molecule has 0 amide bonds. The molecule has 8 heteroatoms. The molecule has 0 spiro atoms. The summed E-state index contributed by atoms with van der Waals surface area (Å²) < 4.78 is 62.1. The van der Waals surface area contributed by atoms with Gasteiger partial charge < -0.3 is 0 Å². The normalized spacial score (nSPS) is 27.3. The van der Waals surface area contributed by atoms with Crippen LogP contribution in [0.5, 0.6) is 0 Å². The van der Waals surface area contributed by atoms with Crippen LogP contribution >= 0.6 is 0 Å². The van der Waals surface area contributed by atoms with Gasteiger partial charge in [-0.1, -0.05) is 49.2 Å². The van der Waals surface area contributed by atoms with Crippen molar-refractivity contribution in [3.63, 3.8) is 0 Å². The molecule has 2 aliphatic carbocycles. The van der Waals surface area contributed by atoms with E-state index in [0.717, 1.165) is 25.7 Å². The summed E-state index contributed by atoms with van der Waals surface area (Å²) >= 11 is 0. The quantitative estimate of drug-likeness (QED) is 0.590. The molecule has 0 N–H and O–H groups in total. The van der Waals surface area contributed by atoms with Gasteiger partial charge in [0.15, 0.2) is 0 Å². The minimum Gasteiger partial charge on any atom is -0.263 e. The van der Waals surface area contributed by atoms with E-state index >= 15 is 0 Å². The van der Waals surface area contributed by atoms with Gasteiger partial charge in [-0.05, 0) is 61.8 Å². The molecule has 4 rings (SSSR count). The van der Waals surface area contributed by atoms with E-state index < -0.39 is 32.4 Å². The third kappa shape index (κ3) is 4.61. The van der Waals surface area contributed by atoms with Crippen LogP contribution in [0.25, 0.3) is 0 Å². The van der Waals surface area contributed by atoms with E-state index in [1.807, 2.05) is 0 Å². The highest BCUT2D eigenvalue weighted by Gasteiger charge is 2.44. The van der Waals surface area contributed by atoms with E-state index in [-0.39, 0.29) is 21.6 Å². The van der Waals surface area contributed by atoms with Gasteiger partial charge in [-0.2, -0.15) is 16.8 Å². The molecule has 2 aromatic rings. The van der Waals surface area contributed by atoms with Crippen molar-refractivity contribution in [1.29, 1.82) is 0 Å². The van der Waals surface area contributed by atoms with Crippen LogP contribution in [0.15, 0.2) is 70.5 Å². The van der Waals surface area contributed by atoms with Crippen LogP contribution in [0.3, 0.4) is 0 Å². The molecule has 0 aromatic heterocycles. The first-order chi connectivity index (χ1) is 14.4. The summed E-state index contributed by atoms with van der Waals surface area (Å²) in [7, 11) is -7.72. The molecule has 0 radical (unpaired) electrons. The molecule has 6 nitrogen and oxygen atoms in total. The van der Waals surface area contributed by atoms with Crippen molar-refractivity contribution in [1.82, 2.24) is 0 Å². The second kappa shape index (κ2) is 8.78. The third-order valence-electron chi connectivity index (χ3n) is 6.12. The lowest BCUT2D eigenvalue weighted by atomic mass is 9.86. The van der Waals surface area contributed by atoms with Crippen molar-refractivity contribution in [3.05, 3.63) is 60.7 Å². The van der Waals surface area contributed by atoms with Crippen molar-refractivity contribution >= 4 is 20.2 Å². The van der Waals surface area contributed by atoms with Crippen LogP contribution in [0.4, 0.5) is 0 Å². The fourth-order valence-electron chi connectivity index (χ4n) is 4.74. The summed E-state index contributed by atoms with van der Waals surface area (Å²) in [6.45, 7) is 0. The molecule has 2 fully saturated rings. The van der Waals surface area contributed by atoms with Crippen LogP contribution in [-0.4, -0.2) is 29.0 Å². The van der Waals surface area contributed by atoms with Crippen molar-refractivity contribution in [2.45, 2.75) is 60.5 Å². The maximum atomic E-state index is 12.7. The van der Waals surface area contributed by atoms with E-state index in [0.29, 0.717) is 12.8 Å². The topological polar surface area (TPSA) is 86.7 Å². The second-order valence-corrected chi connectivity index (χ2v) is 11.1. The van der Waals surface area contributed by atoms with Gasteiger partial charge in [0, 0.05) is 0 Å². The summed E-state index contributed by atoms with van der Waals surface area (Å²) in [5.41, 5.74) is 0. The SMILES string of the molecule is O=S(=O)(O[C@@H]1CCC[C@H]1[C@@H]1CCC[C@H]1OS(=O)(=O)c1ccccc1)c1ccccc1. The molecular weight excluding hydrogens is 424 g/mol. The molecule has 0 aliphatic heterocycles. The molecule has 4 atom stereocenters. The van der Waals surface area contributed by atoms with Crippen LogP contribution in [0.2, 0.25) is 0 Å². The lowest BCUT2D eigenvalue weighted by Crippen LogP contribution is -2.34. The molecular formula is C22H26O6S2. The highest BCUT2D eigenvalue weighted by Crippen LogP contribution is 2.44. The van der Waals surface area contributed by atoms with E-state index in [1.165, 1.54) is 24.3 Å². The molecule has 30 heavy (non-hydrogen) atoms. The van der Waals surface area contributed by atoms with Gasteiger partial charge in [0.2, 0.25) is 0 Å². The molecule has 2 saturated carbocycles. The van der Waals surface area contributed by atoms with Gasteiger partial charge in [0.25, 0.3) is 20.2 Å². The van der Waals surface area contributed by atoms with Gasteiger partial charge in [0.05, 0.1) is 22.0 Å². The largest absolute Gasteiger partial charge is 0.297 e. The van der Waals surface area contributed by atoms with Crippen LogP contribution in [-0.2, 0) is 28.6 Å². The first kappa shape index (κ1) is 21.5. The predicted octanol–water partition coefficient (Wildman–Crippen LogP) is 4.13. The summed E-state index contributed by atoms with van der Waals surface area (Å²) in [4.78, 5) is 0.281. The zero-order valence-corrected chi connectivity index (χ0v) is 18.2. The first-order valence-electron chi connectivity index (χ1n) is 10.3. The maximum Gasteiger partial charge on any atom is 0.297 e. The Kier molecular flexibility index (Phi) is 6.29. The Hall–Kier alpha value is -1.74. The standard InChI is InChI=1S/C22H26O6S2/c23-29(24,17-9-3-1-4-10-17)27-21-15-7-13-19(21)20-14-8-16-22(20)28-30(25,26)18-11-5-2-6-12-18/h1-6,9-12,19-22H,7-8,13-16H2/t19-,20-,21+,22+/m0/s1. The molecule has 0 bridgehead atoms. The van der Waals surface area contributed by atoms with Gasteiger partial charge in [0.1, 0.15) is 0 Å². The minimum absolute atomic E-state index is 0.0399. The molecule has 2 aliphatic rings. The van der Waals surface area contributed by atoms with Crippen LogP contribution in [0, 0.1) is 11.8 Å². The number of hydrogen-bond acceptors (Lipinski definition) is 6. The van der Waals surface area contributed by atoms with Crippen LogP contribution in [0.1, 0.15) is 38.5 Å². The minimum atomic E-state index is -3.86.